The standard InChI is InChI=1S/C17H11Br2FO3/c1-8(20)17-14(10-4-2-3-5-13(10)23-17)15(21)9-6-11(18)16(22)12(19)7-9/h2-8,22H,1H3/i2D,3D,4D,5D. The first kappa shape index (κ1) is 11.8. The Morgan fingerprint density at radius 3 is 2.52 bits per heavy atom. The molecule has 6 heteroatoms. The number of aromatic hydroxyl groups is 1. The fourth-order valence-electron chi connectivity index (χ4n) is 2.18. The van der Waals surface area contributed by atoms with E-state index in [0.717, 1.165) is 6.92 Å². The van der Waals surface area contributed by atoms with E-state index in [2.05, 4.69) is 31.9 Å². The largest absolute Gasteiger partial charge is 0.506 e. The average molecular weight is 446 g/mol. The number of benzene rings is 2. The summed E-state index contributed by atoms with van der Waals surface area (Å²) in [6, 6.07) is 0.614. The number of rotatable bonds is 3. The van der Waals surface area contributed by atoms with Crippen molar-refractivity contribution < 1.29 is 24.2 Å². The van der Waals surface area contributed by atoms with Gasteiger partial charge in [-0.15, -0.1) is 0 Å². The number of phenolic OH excluding ortho intramolecular Hbond substituents is 1. The maximum absolute atomic E-state index is 14.2. The van der Waals surface area contributed by atoms with Crippen molar-refractivity contribution in [2.75, 3.05) is 0 Å². The van der Waals surface area contributed by atoms with Crippen LogP contribution < -0.4 is 0 Å². The molecule has 0 fully saturated rings. The summed E-state index contributed by atoms with van der Waals surface area (Å²) in [5, 5.41) is 9.65. The van der Waals surface area contributed by atoms with Crippen LogP contribution in [0.2, 0.25) is 0 Å². The van der Waals surface area contributed by atoms with E-state index in [1.54, 1.807) is 0 Å². The number of phenols is 1. The number of hydrogen-bond acceptors (Lipinski definition) is 3. The summed E-state index contributed by atoms with van der Waals surface area (Å²) < 4.78 is 51.6. The van der Waals surface area contributed by atoms with Gasteiger partial charge in [-0.3, -0.25) is 4.79 Å². The Bertz CT molecular complexity index is 1090. The minimum absolute atomic E-state index is 0.0727. The molecule has 0 amide bonds. The summed E-state index contributed by atoms with van der Waals surface area (Å²) in [4.78, 5) is 13.1. The van der Waals surface area contributed by atoms with E-state index >= 15 is 0 Å². The molecule has 1 unspecified atom stereocenters. The van der Waals surface area contributed by atoms with Crippen LogP contribution in [0.15, 0.2) is 49.7 Å². The number of furan rings is 1. The summed E-state index contributed by atoms with van der Waals surface area (Å²) in [7, 11) is 0. The lowest BCUT2D eigenvalue weighted by atomic mass is 9.99. The zero-order chi connectivity index (χ0) is 20.2. The average Bonchev–Trinajstić information content (AvgIpc) is 3.02. The van der Waals surface area contributed by atoms with Gasteiger partial charge >= 0.3 is 0 Å². The van der Waals surface area contributed by atoms with E-state index in [4.69, 9.17) is 9.90 Å². The first-order valence-corrected chi connectivity index (χ1v) is 8.04. The lowest BCUT2D eigenvalue weighted by molar-refractivity contribution is 0.103. The van der Waals surface area contributed by atoms with Gasteiger partial charge in [0, 0.05) is 10.9 Å². The molecular weight excluding hydrogens is 431 g/mol. The van der Waals surface area contributed by atoms with Crippen LogP contribution >= 0.6 is 31.9 Å². The molecule has 0 bridgehead atoms. The lowest BCUT2D eigenvalue weighted by Gasteiger charge is -2.07. The van der Waals surface area contributed by atoms with Gasteiger partial charge in [-0.1, -0.05) is 18.1 Å². The molecule has 0 radical (unpaired) electrons. The van der Waals surface area contributed by atoms with E-state index in [1.807, 2.05) is 0 Å². The van der Waals surface area contributed by atoms with Gasteiger partial charge in [0.2, 0.25) is 0 Å². The molecule has 1 aromatic heterocycles. The number of alkyl halides is 1. The van der Waals surface area contributed by atoms with E-state index in [0.29, 0.717) is 0 Å². The molecule has 3 aromatic rings. The molecule has 0 aliphatic rings. The second-order valence-corrected chi connectivity index (χ2v) is 6.49. The third-order valence-corrected chi connectivity index (χ3v) is 4.44. The first-order valence-electron chi connectivity index (χ1n) is 8.45. The molecule has 2 aromatic carbocycles. The van der Waals surface area contributed by atoms with Gasteiger partial charge in [0.1, 0.15) is 17.1 Å². The second kappa shape index (κ2) is 6.09. The van der Waals surface area contributed by atoms with Gasteiger partial charge in [0.25, 0.3) is 0 Å². The third-order valence-electron chi connectivity index (χ3n) is 3.23. The van der Waals surface area contributed by atoms with E-state index in [1.165, 1.54) is 12.1 Å². The Kier molecular flexibility index (Phi) is 3.13. The summed E-state index contributed by atoms with van der Waals surface area (Å²) in [5.74, 6) is -1.19. The van der Waals surface area contributed by atoms with Crippen molar-refractivity contribution in [3.63, 3.8) is 0 Å². The van der Waals surface area contributed by atoms with Gasteiger partial charge < -0.3 is 9.52 Å². The van der Waals surface area contributed by atoms with Crippen LogP contribution in [0.1, 0.15) is 40.3 Å². The van der Waals surface area contributed by atoms with Gasteiger partial charge in [0.05, 0.1) is 20.0 Å². The molecule has 3 rings (SSSR count). The molecule has 0 spiro atoms. The highest BCUT2D eigenvalue weighted by Crippen LogP contribution is 2.37. The Hall–Kier alpha value is -1.66. The number of carbonyl (C=O) groups is 1. The zero-order valence-corrected chi connectivity index (χ0v) is 14.8. The van der Waals surface area contributed by atoms with E-state index < -0.39 is 36.1 Å². The van der Waals surface area contributed by atoms with Crippen molar-refractivity contribution in [3.8, 4) is 5.75 Å². The molecule has 23 heavy (non-hydrogen) atoms. The van der Waals surface area contributed by atoms with Crippen LogP contribution in [-0.2, 0) is 0 Å². The number of hydrogen-bond donors (Lipinski definition) is 1. The minimum atomic E-state index is -1.72. The highest BCUT2D eigenvalue weighted by Gasteiger charge is 2.26. The molecule has 0 saturated heterocycles. The number of ketones is 1. The summed E-state index contributed by atoms with van der Waals surface area (Å²) in [5.41, 5.74) is -0.471. The predicted molar refractivity (Wildman–Crippen MR) is 92.7 cm³/mol. The molecule has 0 saturated carbocycles. The highest BCUT2D eigenvalue weighted by molar-refractivity contribution is 9.11. The number of carbonyl (C=O) groups excluding carboxylic acids is 1. The van der Waals surface area contributed by atoms with Crippen LogP contribution in [-0.4, -0.2) is 10.9 Å². The van der Waals surface area contributed by atoms with Crippen molar-refractivity contribution in [2.45, 2.75) is 13.1 Å². The van der Waals surface area contributed by atoms with Crippen molar-refractivity contribution in [1.29, 1.82) is 0 Å². The smallest absolute Gasteiger partial charge is 0.197 e. The quantitative estimate of drug-likeness (QED) is 0.508. The number of fused-ring (bicyclic) bond motifs is 1. The fourth-order valence-corrected chi connectivity index (χ4v) is 3.37. The monoisotopic (exact) mass is 444 g/mol. The maximum atomic E-state index is 14.2. The summed E-state index contributed by atoms with van der Waals surface area (Å²) in [6.07, 6.45) is -1.72. The molecule has 0 aliphatic carbocycles. The van der Waals surface area contributed by atoms with Crippen LogP contribution in [0.3, 0.4) is 0 Å². The summed E-state index contributed by atoms with van der Waals surface area (Å²) in [6.45, 7) is 1.15. The van der Waals surface area contributed by atoms with Crippen molar-refractivity contribution >= 4 is 48.6 Å². The molecule has 3 nitrogen and oxygen atoms in total. The van der Waals surface area contributed by atoms with Crippen molar-refractivity contribution in [2.24, 2.45) is 0 Å². The predicted octanol–water partition coefficient (Wildman–Crippen LogP) is 5.92. The number of halogens is 3. The topological polar surface area (TPSA) is 50.4 Å². The molecule has 1 N–H and O–H groups in total. The third kappa shape index (κ3) is 2.81. The van der Waals surface area contributed by atoms with Gasteiger partial charge in [0.15, 0.2) is 12.0 Å². The Balaban J connectivity index is 2.40. The molecular formula is C17H11Br2FO3. The summed E-state index contributed by atoms with van der Waals surface area (Å²) >= 11 is 6.24. The minimum Gasteiger partial charge on any atom is -0.506 e. The molecule has 1 atom stereocenters. The molecule has 118 valence electrons. The molecule has 1 heterocycles. The van der Waals surface area contributed by atoms with Crippen LogP contribution in [0.5, 0.6) is 5.75 Å². The van der Waals surface area contributed by atoms with Gasteiger partial charge in [-0.25, -0.2) is 4.39 Å². The Labute approximate surface area is 154 Å². The van der Waals surface area contributed by atoms with Crippen molar-refractivity contribution in [3.05, 3.63) is 62.1 Å². The van der Waals surface area contributed by atoms with Crippen molar-refractivity contribution in [1.82, 2.24) is 0 Å². The maximum Gasteiger partial charge on any atom is 0.197 e. The Morgan fingerprint density at radius 2 is 1.91 bits per heavy atom. The molecule has 0 aliphatic heterocycles. The normalized spacial score (nSPS) is 15.0. The first-order chi connectivity index (χ1) is 12.6. The van der Waals surface area contributed by atoms with Crippen LogP contribution in [0.4, 0.5) is 4.39 Å². The Morgan fingerprint density at radius 1 is 1.30 bits per heavy atom. The van der Waals surface area contributed by atoms with Gasteiger partial charge in [-0.05, 0) is 57.0 Å². The second-order valence-electron chi connectivity index (χ2n) is 4.78. The van der Waals surface area contributed by atoms with Gasteiger partial charge in [-0.2, -0.15) is 0 Å². The number of para-hydroxylation sites is 1. The zero-order valence-electron chi connectivity index (χ0n) is 15.6. The SMILES string of the molecule is [2H]c1c([2H])c([2H])c2c(C(=O)c3cc(Br)c(O)c(Br)c3)c(C(C)F)oc2c1[2H]. The highest BCUT2D eigenvalue weighted by atomic mass is 79.9. The van der Waals surface area contributed by atoms with E-state index in [9.17, 15) is 14.3 Å². The van der Waals surface area contributed by atoms with Crippen LogP contribution in [0, 0.1) is 0 Å². The lowest BCUT2D eigenvalue weighted by Crippen LogP contribution is -2.04. The van der Waals surface area contributed by atoms with E-state index in [-0.39, 0.29) is 42.6 Å². The fraction of sp³-hybridized carbons (Fsp3) is 0.118. The van der Waals surface area contributed by atoms with Crippen LogP contribution in [0.25, 0.3) is 11.0 Å².